The molecule has 0 aromatic heterocycles. The quantitative estimate of drug-likeness (QED) is 0.786. The summed E-state index contributed by atoms with van der Waals surface area (Å²) >= 11 is 0. The lowest BCUT2D eigenvalue weighted by molar-refractivity contribution is 0.535. The van der Waals surface area contributed by atoms with Gasteiger partial charge in [0.2, 0.25) is 0 Å². The van der Waals surface area contributed by atoms with Crippen LogP contribution in [-0.4, -0.2) is 19.1 Å². The van der Waals surface area contributed by atoms with Crippen molar-refractivity contribution in [1.29, 1.82) is 0 Å². The summed E-state index contributed by atoms with van der Waals surface area (Å²) in [6, 6.07) is 7.27. The number of hydrogen-bond donors (Lipinski definition) is 2. The van der Waals surface area contributed by atoms with Crippen LogP contribution in [0.2, 0.25) is 0 Å². The molecule has 1 aromatic carbocycles. The molecule has 2 N–H and O–H groups in total. The van der Waals surface area contributed by atoms with E-state index in [4.69, 9.17) is 0 Å². The van der Waals surface area contributed by atoms with E-state index in [9.17, 15) is 4.39 Å². The summed E-state index contributed by atoms with van der Waals surface area (Å²) in [5, 5.41) is 6.81. The van der Waals surface area contributed by atoms with E-state index < -0.39 is 0 Å². The minimum Gasteiger partial charge on any atom is -0.313 e. The van der Waals surface area contributed by atoms with Crippen LogP contribution in [0.25, 0.3) is 0 Å². The van der Waals surface area contributed by atoms with E-state index in [0.29, 0.717) is 6.04 Å². The Labute approximate surface area is 89.9 Å². The second kappa shape index (κ2) is 5.24. The summed E-state index contributed by atoms with van der Waals surface area (Å²) < 4.78 is 12.6. The molecule has 1 atom stereocenters. The van der Waals surface area contributed by atoms with Crippen molar-refractivity contribution in [2.75, 3.05) is 13.1 Å². The normalized spacial score (nSPS) is 20.7. The minimum absolute atomic E-state index is 0.170. The summed E-state index contributed by atoms with van der Waals surface area (Å²) in [5.74, 6) is -0.170. The molecule has 0 radical (unpaired) electrons. The van der Waals surface area contributed by atoms with E-state index in [2.05, 4.69) is 10.6 Å². The van der Waals surface area contributed by atoms with E-state index in [1.807, 2.05) is 12.1 Å². The predicted octanol–water partition coefficient (Wildman–Crippen LogP) is 1.67. The predicted molar refractivity (Wildman–Crippen MR) is 59.1 cm³/mol. The second-order valence-corrected chi connectivity index (χ2v) is 4.05. The van der Waals surface area contributed by atoms with Crippen molar-refractivity contribution in [2.45, 2.75) is 25.4 Å². The fourth-order valence-electron chi connectivity index (χ4n) is 1.92. The third kappa shape index (κ3) is 3.29. The largest absolute Gasteiger partial charge is 0.313 e. The highest BCUT2D eigenvalue weighted by atomic mass is 19.1. The molecule has 82 valence electrons. The first-order valence-electron chi connectivity index (χ1n) is 5.53. The molecule has 1 aliphatic rings. The van der Waals surface area contributed by atoms with Crippen molar-refractivity contribution in [2.24, 2.45) is 0 Å². The maximum atomic E-state index is 12.6. The standard InChI is InChI=1S/C12H17FN2/c13-11-5-3-10(4-6-11)8-14-9-12-2-1-7-15-12/h3-6,12,14-15H,1-2,7-9H2. The zero-order valence-corrected chi connectivity index (χ0v) is 8.80. The fraction of sp³-hybridized carbons (Fsp3) is 0.500. The van der Waals surface area contributed by atoms with E-state index in [1.165, 1.54) is 25.0 Å². The second-order valence-electron chi connectivity index (χ2n) is 4.05. The Bertz CT molecular complexity index is 291. The molecule has 2 nitrogen and oxygen atoms in total. The van der Waals surface area contributed by atoms with Crippen molar-refractivity contribution in [3.63, 3.8) is 0 Å². The van der Waals surface area contributed by atoms with E-state index in [1.54, 1.807) is 0 Å². The molecule has 0 saturated carbocycles. The van der Waals surface area contributed by atoms with Crippen molar-refractivity contribution >= 4 is 0 Å². The summed E-state index contributed by atoms with van der Waals surface area (Å²) in [5.41, 5.74) is 1.13. The van der Waals surface area contributed by atoms with E-state index in [0.717, 1.165) is 25.2 Å². The molecule has 0 amide bonds. The van der Waals surface area contributed by atoms with Gasteiger partial charge in [0.1, 0.15) is 5.82 Å². The summed E-state index contributed by atoms with van der Waals surface area (Å²) in [4.78, 5) is 0. The topological polar surface area (TPSA) is 24.1 Å². The molecule has 1 aliphatic heterocycles. The average Bonchev–Trinajstić information content (AvgIpc) is 2.74. The van der Waals surface area contributed by atoms with Gasteiger partial charge >= 0.3 is 0 Å². The number of nitrogens with one attached hydrogen (secondary N) is 2. The lowest BCUT2D eigenvalue weighted by Gasteiger charge is -2.11. The molecule has 1 aromatic rings. The fourth-order valence-corrected chi connectivity index (χ4v) is 1.92. The number of rotatable bonds is 4. The van der Waals surface area contributed by atoms with Crippen LogP contribution in [0.3, 0.4) is 0 Å². The Morgan fingerprint density at radius 1 is 1.33 bits per heavy atom. The number of benzene rings is 1. The van der Waals surface area contributed by atoms with Gasteiger partial charge < -0.3 is 10.6 Å². The molecule has 0 spiro atoms. The van der Waals surface area contributed by atoms with Crippen molar-refractivity contribution in [1.82, 2.24) is 10.6 Å². The van der Waals surface area contributed by atoms with Gasteiger partial charge in [0.15, 0.2) is 0 Å². The van der Waals surface area contributed by atoms with E-state index in [-0.39, 0.29) is 5.82 Å². The monoisotopic (exact) mass is 208 g/mol. The molecule has 1 fully saturated rings. The van der Waals surface area contributed by atoms with Crippen molar-refractivity contribution in [3.8, 4) is 0 Å². The summed E-state index contributed by atoms with van der Waals surface area (Å²) in [7, 11) is 0. The van der Waals surface area contributed by atoms with Gasteiger partial charge in [0.05, 0.1) is 0 Å². The van der Waals surface area contributed by atoms with Gasteiger partial charge in [0.25, 0.3) is 0 Å². The highest BCUT2D eigenvalue weighted by Crippen LogP contribution is 2.05. The maximum Gasteiger partial charge on any atom is 0.123 e. The van der Waals surface area contributed by atoms with Crippen LogP contribution < -0.4 is 10.6 Å². The molecule has 1 saturated heterocycles. The van der Waals surface area contributed by atoms with Crippen LogP contribution >= 0.6 is 0 Å². The Morgan fingerprint density at radius 3 is 2.80 bits per heavy atom. The van der Waals surface area contributed by atoms with E-state index >= 15 is 0 Å². The number of halogens is 1. The SMILES string of the molecule is Fc1ccc(CNCC2CCCN2)cc1. The minimum atomic E-state index is -0.170. The van der Waals surface area contributed by atoms with Gasteiger partial charge in [-0.3, -0.25) is 0 Å². The Balaban J connectivity index is 1.71. The smallest absolute Gasteiger partial charge is 0.123 e. The van der Waals surface area contributed by atoms with Crippen molar-refractivity contribution in [3.05, 3.63) is 35.6 Å². The number of hydrogen-bond acceptors (Lipinski definition) is 2. The van der Waals surface area contributed by atoms with Gasteiger partial charge in [-0.25, -0.2) is 4.39 Å². The highest BCUT2D eigenvalue weighted by Gasteiger charge is 2.12. The molecule has 1 heterocycles. The van der Waals surface area contributed by atoms with Crippen molar-refractivity contribution < 1.29 is 4.39 Å². The average molecular weight is 208 g/mol. The molecule has 0 aliphatic carbocycles. The summed E-state index contributed by atoms with van der Waals surface area (Å²) in [6.07, 6.45) is 2.54. The molecular weight excluding hydrogens is 191 g/mol. The third-order valence-corrected chi connectivity index (χ3v) is 2.80. The molecule has 15 heavy (non-hydrogen) atoms. The Morgan fingerprint density at radius 2 is 2.13 bits per heavy atom. The van der Waals surface area contributed by atoms with Crippen LogP contribution in [0.5, 0.6) is 0 Å². The molecule has 2 rings (SSSR count). The van der Waals surface area contributed by atoms with Crippen LogP contribution in [0.1, 0.15) is 18.4 Å². The van der Waals surface area contributed by atoms with Gasteiger partial charge in [-0.15, -0.1) is 0 Å². The summed E-state index contributed by atoms with van der Waals surface area (Å²) in [6.45, 7) is 2.96. The van der Waals surface area contributed by atoms with Crippen LogP contribution in [-0.2, 0) is 6.54 Å². The highest BCUT2D eigenvalue weighted by molar-refractivity contribution is 5.15. The first kappa shape index (κ1) is 10.6. The first-order chi connectivity index (χ1) is 7.34. The van der Waals surface area contributed by atoms with Gasteiger partial charge in [-0.05, 0) is 37.1 Å². The van der Waals surface area contributed by atoms with Gasteiger partial charge in [-0.2, -0.15) is 0 Å². The molecule has 0 bridgehead atoms. The molecule has 3 heteroatoms. The van der Waals surface area contributed by atoms with Gasteiger partial charge in [-0.1, -0.05) is 12.1 Å². The zero-order chi connectivity index (χ0) is 10.5. The van der Waals surface area contributed by atoms with Crippen LogP contribution in [0.4, 0.5) is 4.39 Å². The van der Waals surface area contributed by atoms with Gasteiger partial charge in [0, 0.05) is 19.1 Å². The lowest BCUT2D eigenvalue weighted by Crippen LogP contribution is -2.33. The van der Waals surface area contributed by atoms with Crippen LogP contribution in [0.15, 0.2) is 24.3 Å². The first-order valence-corrected chi connectivity index (χ1v) is 5.53. The lowest BCUT2D eigenvalue weighted by atomic mass is 10.2. The molecule has 1 unspecified atom stereocenters. The Kier molecular flexibility index (Phi) is 3.69. The maximum absolute atomic E-state index is 12.6. The molecular formula is C12H17FN2. The zero-order valence-electron chi connectivity index (χ0n) is 8.80. The Hall–Kier alpha value is -0.930. The van der Waals surface area contributed by atoms with Crippen LogP contribution in [0, 0.1) is 5.82 Å². The third-order valence-electron chi connectivity index (χ3n) is 2.80.